The smallest absolute Gasteiger partial charge is 0.314 e. The lowest BCUT2D eigenvalue weighted by molar-refractivity contribution is 0.949. The van der Waals surface area contributed by atoms with E-state index in [0.717, 1.165) is 22.2 Å². The van der Waals surface area contributed by atoms with Gasteiger partial charge in [-0.15, -0.1) is 0 Å². The second-order valence-electron chi connectivity index (χ2n) is 5.19. The molecule has 22 heavy (non-hydrogen) atoms. The molecule has 0 atom stereocenters. The molecule has 0 aliphatic rings. The fraction of sp³-hybridized carbons (Fsp3) is 0.0625. The number of nitrogens with zero attached hydrogens (tertiary/aromatic N) is 2. The van der Waals surface area contributed by atoms with Crippen LogP contribution in [0.15, 0.2) is 52.3 Å². The number of pyridine rings is 1. The van der Waals surface area contributed by atoms with E-state index in [2.05, 4.69) is 15.0 Å². The van der Waals surface area contributed by atoms with E-state index in [9.17, 15) is 9.59 Å². The summed E-state index contributed by atoms with van der Waals surface area (Å²) in [5, 5.41) is 1.04. The van der Waals surface area contributed by atoms with Gasteiger partial charge in [0.05, 0.1) is 11.0 Å². The zero-order valence-electron chi connectivity index (χ0n) is 11.8. The molecule has 108 valence electrons. The van der Waals surface area contributed by atoms with E-state index in [1.165, 1.54) is 0 Å². The van der Waals surface area contributed by atoms with Crippen molar-refractivity contribution in [3.05, 3.63) is 63.4 Å². The molecule has 0 radical (unpaired) electrons. The van der Waals surface area contributed by atoms with Gasteiger partial charge in [-0.3, -0.25) is 9.59 Å². The largest absolute Gasteiger partial charge is 0.336 e. The second-order valence-corrected chi connectivity index (χ2v) is 5.19. The van der Waals surface area contributed by atoms with Crippen LogP contribution in [0.1, 0.15) is 0 Å². The molecule has 0 aliphatic heterocycles. The standard InChI is InChI=1S/C16H12N4O2/c1-20-7-5-11-10(4-6-17-14(11)20)9-2-3-12-13(8-9)19-16(22)15(21)18-12/h2-8H,1H3,(H,18,21)(H,19,22). The van der Waals surface area contributed by atoms with Gasteiger partial charge in [-0.25, -0.2) is 4.98 Å². The van der Waals surface area contributed by atoms with Crippen molar-refractivity contribution >= 4 is 22.1 Å². The summed E-state index contributed by atoms with van der Waals surface area (Å²) in [7, 11) is 1.95. The van der Waals surface area contributed by atoms with E-state index in [-0.39, 0.29) is 0 Å². The molecule has 0 saturated carbocycles. The van der Waals surface area contributed by atoms with Crippen molar-refractivity contribution in [2.24, 2.45) is 7.05 Å². The highest BCUT2D eigenvalue weighted by atomic mass is 16.2. The minimum atomic E-state index is -0.649. The first kappa shape index (κ1) is 12.6. The summed E-state index contributed by atoms with van der Waals surface area (Å²) < 4.78 is 1.96. The Morgan fingerprint density at radius 1 is 1.00 bits per heavy atom. The number of fused-ring (bicyclic) bond motifs is 2. The van der Waals surface area contributed by atoms with Crippen LogP contribution in [0.4, 0.5) is 0 Å². The highest BCUT2D eigenvalue weighted by Crippen LogP contribution is 2.28. The molecule has 0 unspecified atom stereocenters. The SMILES string of the molecule is Cn1ccc2c(-c3ccc4[nH]c(=O)c(=O)[nH]c4c3)ccnc21. The fourth-order valence-corrected chi connectivity index (χ4v) is 2.70. The number of aromatic nitrogens is 4. The van der Waals surface area contributed by atoms with Gasteiger partial charge in [0.15, 0.2) is 0 Å². The topological polar surface area (TPSA) is 83.5 Å². The van der Waals surface area contributed by atoms with Crippen molar-refractivity contribution in [2.75, 3.05) is 0 Å². The maximum atomic E-state index is 11.5. The van der Waals surface area contributed by atoms with Crippen LogP contribution in [0.25, 0.3) is 33.2 Å². The lowest BCUT2D eigenvalue weighted by Gasteiger charge is -2.06. The molecule has 6 nitrogen and oxygen atoms in total. The number of hydrogen-bond donors (Lipinski definition) is 2. The molecule has 4 rings (SSSR count). The van der Waals surface area contributed by atoms with Gasteiger partial charge in [0.2, 0.25) is 0 Å². The van der Waals surface area contributed by atoms with Crippen LogP contribution < -0.4 is 11.1 Å². The van der Waals surface area contributed by atoms with Gasteiger partial charge >= 0.3 is 11.1 Å². The molecule has 2 N–H and O–H groups in total. The molecule has 0 aliphatic carbocycles. The summed E-state index contributed by atoms with van der Waals surface area (Å²) in [5.41, 5.74) is 2.79. The lowest BCUT2D eigenvalue weighted by atomic mass is 10.0. The average molecular weight is 292 g/mol. The summed E-state index contributed by atoms with van der Waals surface area (Å²) in [5.74, 6) is 0. The summed E-state index contributed by atoms with van der Waals surface area (Å²) in [6.07, 6.45) is 3.72. The van der Waals surface area contributed by atoms with E-state index in [1.54, 1.807) is 12.3 Å². The third kappa shape index (κ3) is 1.77. The Bertz CT molecular complexity index is 1130. The van der Waals surface area contributed by atoms with E-state index in [1.807, 2.05) is 42.1 Å². The third-order valence-electron chi connectivity index (χ3n) is 3.80. The van der Waals surface area contributed by atoms with E-state index in [0.29, 0.717) is 11.0 Å². The van der Waals surface area contributed by atoms with Crippen molar-refractivity contribution < 1.29 is 0 Å². The lowest BCUT2D eigenvalue weighted by Crippen LogP contribution is -2.28. The van der Waals surface area contributed by atoms with Gasteiger partial charge in [0.25, 0.3) is 0 Å². The number of hydrogen-bond acceptors (Lipinski definition) is 3. The Hall–Kier alpha value is -3.15. The molecule has 0 bridgehead atoms. The zero-order valence-corrected chi connectivity index (χ0v) is 11.8. The molecule has 0 amide bonds. The van der Waals surface area contributed by atoms with Gasteiger partial charge in [-0.1, -0.05) is 6.07 Å². The minimum Gasteiger partial charge on any atom is -0.336 e. The Labute approximate surface area is 124 Å². The Balaban J connectivity index is 2.02. The number of aryl methyl sites for hydroxylation is 1. The highest BCUT2D eigenvalue weighted by molar-refractivity contribution is 5.95. The highest BCUT2D eigenvalue weighted by Gasteiger charge is 2.08. The molecule has 4 aromatic rings. The number of nitrogens with one attached hydrogen (secondary N) is 2. The van der Waals surface area contributed by atoms with Gasteiger partial charge in [-0.2, -0.15) is 0 Å². The number of benzene rings is 1. The summed E-state index contributed by atoms with van der Waals surface area (Å²) >= 11 is 0. The third-order valence-corrected chi connectivity index (χ3v) is 3.80. The first-order valence-corrected chi connectivity index (χ1v) is 6.80. The Kier molecular flexibility index (Phi) is 2.53. The Morgan fingerprint density at radius 3 is 2.59 bits per heavy atom. The normalized spacial score (nSPS) is 11.3. The van der Waals surface area contributed by atoms with Crippen molar-refractivity contribution in [3.8, 4) is 11.1 Å². The molecule has 0 fully saturated rings. The van der Waals surface area contributed by atoms with Gasteiger partial charge in [-0.05, 0) is 35.4 Å². The minimum absolute atomic E-state index is 0.600. The van der Waals surface area contributed by atoms with Crippen LogP contribution in [0.2, 0.25) is 0 Å². The molecule has 0 saturated heterocycles. The van der Waals surface area contributed by atoms with Gasteiger partial charge in [0, 0.05) is 24.8 Å². The van der Waals surface area contributed by atoms with Crippen molar-refractivity contribution in [3.63, 3.8) is 0 Å². The predicted octanol–water partition coefficient (Wildman–Crippen LogP) is 1.77. The van der Waals surface area contributed by atoms with E-state index >= 15 is 0 Å². The van der Waals surface area contributed by atoms with Gasteiger partial charge in [0.1, 0.15) is 5.65 Å². The monoisotopic (exact) mass is 292 g/mol. The molecule has 6 heteroatoms. The number of rotatable bonds is 1. The van der Waals surface area contributed by atoms with Gasteiger partial charge < -0.3 is 14.5 Å². The molecule has 3 heterocycles. The first-order valence-electron chi connectivity index (χ1n) is 6.80. The maximum absolute atomic E-state index is 11.5. The van der Waals surface area contributed by atoms with Crippen LogP contribution >= 0.6 is 0 Å². The second kappa shape index (κ2) is 4.42. The maximum Gasteiger partial charge on any atom is 0.314 e. The summed E-state index contributed by atoms with van der Waals surface area (Å²) in [6, 6.07) is 9.51. The quantitative estimate of drug-likeness (QED) is 0.524. The van der Waals surface area contributed by atoms with E-state index < -0.39 is 11.1 Å². The van der Waals surface area contributed by atoms with Crippen molar-refractivity contribution in [2.45, 2.75) is 0 Å². The van der Waals surface area contributed by atoms with Crippen LogP contribution in [-0.2, 0) is 7.05 Å². The molecule has 1 aromatic carbocycles. The average Bonchev–Trinajstić information content (AvgIpc) is 2.90. The fourth-order valence-electron chi connectivity index (χ4n) is 2.70. The zero-order chi connectivity index (χ0) is 15.3. The summed E-state index contributed by atoms with van der Waals surface area (Å²) in [6.45, 7) is 0. The first-order chi connectivity index (χ1) is 10.6. The number of aromatic amines is 2. The van der Waals surface area contributed by atoms with Crippen LogP contribution in [0, 0.1) is 0 Å². The number of H-pyrrole nitrogens is 2. The van der Waals surface area contributed by atoms with Crippen molar-refractivity contribution in [1.82, 2.24) is 19.5 Å². The summed E-state index contributed by atoms with van der Waals surface area (Å²) in [4.78, 5) is 32.4. The Morgan fingerprint density at radius 2 is 1.77 bits per heavy atom. The molecule has 3 aromatic heterocycles. The predicted molar refractivity (Wildman–Crippen MR) is 84.9 cm³/mol. The van der Waals surface area contributed by atoms with E-state index in [4.69, 9.17) is 0 Å². The molecular formula is C16H12N4O2. The van der Waals surface area contributed by atoms with Crippen LogP contribution in [-0.4, -0.2) is 19.5 Å². The van der Waals surface area contributed by atoms with Crippen LogP contribution in [0.5, 0.6) is 0 Å². The molecular weight excluding hydrogens is 280 g/mol. The van der Waals surface area contributed by atoms with Crippen LogP contribution in [0.3, 0.4) is 0 Å². The molecule has 0 spiro atoms. The van der Waals surface area contributed by atoms with Crippen molar-refractivity contribution in [1.29, 1.82) is 0 Å².